The number of hydrogen-bond acceptors (Lipinski definition) is 2. The van der Waals surface area contributed by atoms with E-state index in [1.54, 1.807) is 7.11 Å². The van der Waals surface area contributed by atoms with Crippen molar-refractivity contribution >= 4 is 13.1 Å². The van der Waals surface area contributed by atoms with Crippen molar-refractivity contribution in [2.45, 2.75) is 12.8 Å². The molecule has 1 unspecified atom stereocenters. The fraction of sp³-hybridized carbons (Fsp3) is 0.625. The average molecular weight is 242 g/mol. The van der Waals surface area contributed by atoms with Gasteiger partial charge in [0.2, 0.25) is 5.84 Å². The lowest BCUT2D eigenvalue weighted by Gasteiger charge is -2.04. The van der Waals surface area contributed by atoms with E-state index >= 15 is 0 Å². The number of rotatable bonds is 4. The molecule has 0 spiro atoms. The van der Waals surface area contributed by atoms with Gasteiger partial charge in [-0.05, 0) is 6.42 Å². The Hall–Kier alpha value is -0.885. The molecule has 1 atom stereocenters. The number of methoxy groups -OCH3 is 1. The maximum atomic E-state index is 9.75. The van der Waals surface area contributed by atoms with Crippen molar-refractivity contribution in [2.24, 2.45) is 4.99 Å². The van der Waals surface area contributed by atoms with Crippen LogP contribution in [0.1, 0.15) is 12.8 Å². The summed E-state index contributed by atoms with van der Waals surface area (Å²) < 4.78 is 44.0. The van der Waals surface area contributed by atoms with Gasteiger partial charge in [0.05, 0.1) is 13.2 Å². The molecule has 0 saturated heterocycles. The summed E-state index contributed by atoms with van der Waals surface area (Å²) in [5, 5.41) is 0. The highest BCUT2D eigenvalue weighted by molar-refractivity contribution is 6.50. The summed E-state index contributed by atoms with van der Waals surface area (Å²) >= 11 is 0. The van der Waals surface area contributed by atoms with Crippen molar-refractivity contribution in [1.29, 1.82) is 0 Å². The first kappa shape index (κ1) is 15.1. The topological polar surface area (TPSA) is 26.0 Å². The summed E-state index contributed by atoms with van der Waals surface area (Å²) in [7, 11) is -2.18. The number of halogens is 4. The second-order valence-electron chi connectivity index (χ2n) is 3.17. The van der Waals surface area contributed by atoms with E-state index in [0.717, 1.165) is 19.4 Å². The van der Waals surface area contributed by atoms with Gasteiger partial charge in [-0.2, -0.15) is 0 Å². The van der Waals surface area contributed by atoms with Crippen LogP contribution in [0.3, 0.4) is 0 Å². The number of hydrogen-bond donors (Lipinski definition) is 1. The number of amidine groups is 1. The molecular formula is C8H15BF4N2O. The molecule has 0 radical (unpaired) electrons. The van der Waals surface area contributed by atoms with Crippen molar-refractivity contribution in [3.63, 3.8) is 0 Å². The Morgan fingerprint density at radius 2 is 1.94 bits per heavy atom. The molecule has 0 aliphatic carbocycles. The molecule has 0 aromatic heterocycles. The van der Waals surface area contributed by atoms with Crippen LogP contribution in [0.2, 0.25) is 0 Å². The van der Waals surface area contributed by atoms with Crippen molar-refractivity contribution in [1.82, 2.24) is 0 Å². The first-order valence-corrected chi connectivity index (χ1v) is 4.78. The largest absolute Gasteiger partial charge is 0.673 e. The molecule has 16 heavy (non-hydrogen) atoms. The van der Waals surface area contributed by atoms with Gasteiger partial charge in [-0.25, -0.2) is 4.99 Å². The summed E-state index contributed by atoms with van der Waals surface area (Å²) in [6.45, 7) is 0.826. The van der Waals surface area contributed by atoms with Gasteiger partial charge in [0.1, 0.15) is 6.20 Å². The van der Waals surface area contributed by atoms with Crippen LogP contribution >= 0.6 is 0 Å². The van der Waals surface area contributed by atoms with Crippen LogP contribution in [0.5, 0.6) is 0 Å². The minimum absolute atomic E-state index is 0.826. The van der Waals surface area contributed by atoms with E-state index in [9.17, 15) is 17.3 Å². The molecule has 1 heterocycles. The third kappa shape index (κ3) is 9.66. The van der Waals surface area contributed by atoms with Gasteiger partial charge in [0, 0.05) is 20.1 Å². The van der Waals surface area contributed by atoms with Gasteiger partial charge in [0.15, 0.2) is 0 Å². The SMILES string of the molecule is COCCCC1=NC=C[NH+]1C.F[B-](F)(F)F. The Morgan fingerprint density at radius 3 is 2.31 bits per heavy atom. The van der Waals surface area contributed by atoms with Gasteiger partial charge in [0.25, 0.3) is 0 Å². The first-order chi connectivity index (χ1) is 7.34. The Balaban J connectivity index is 0.000000385. The highest BCUT2D eigenvalue weighted by Gasteiger charge is 2.20. The third-order valence-corrected chi connectivity index (χ3v) is 1.77. The average Bonchev–Trinajstić information content (AvgIpc) is 2.49. The van der Waals surface area contributed by atoms with Crippen LogP contribution in [0, 0.1) is 0 Å². The molecule has 1 aliphatic heterocycles. The molecule has 1 N–H and O–H groups in total. The zero-order chi connectivity index (χ0) is 12.6. The van der Waals surface area contributed by atoms with Crippen molar-refractivity contribution < 1.29 is 26.9 Å². The van der Waals surface area contributed by atoms with Crippen molar-refractivity contribution in [3.8, 4) is 0 Å². The fourth-order valence-corrected chi connectivity index (χ4v) is 1.08. The van der Waals surface area contributed by atoms with Gasteiger partial charge in [-0.1, -0.05) is 0 Å². The summed E-state index contributed by atoms with van der Waals surface area (Å²) in [6.07, 6.45) is 6.00. The van der Waals surface area contributed by atoms with Crippen LogP contribution in [0.25, 0.3) is 0 Å². The van der Waals surface area contributed by atoms with Gasteiger partial charge < -0.3 is 22.0 Å². The smallest absolute Gasteiger partial charge is 0.418 e. The molecular weight excluding hydrogens is 227 g/mol. The zero-order valence-electron chi connectivity index (χ0n) is 9.22. The normalized spacial score (nSPS) is 19.1. The lowest BCUT2D eigenvalue weighted by Crippen LogP contribution is -3.06. The Kier molecular flexibility index (Phi) is 6.99. The molecule has 0 amide bonds. The summed E-state index contributed by atoms with van der Waals surface area (Å²) in [5.74, 6) is 1.21. The minimum Gasteiger partial charge on any atom is -0.418 e. The quantitative estimate of drug-likeness (QED) is 0.446. The predicted molar refractivity (Wildman–Crippen MR) is 54.8 cm³/mol. The predicted octanol–water partition coefficient (Wildman–Crippen LogP) is 1.11. The number of quaternary nitrogens is 1. The van der Waals surface area contributed by atoms with Crippen LogP contribution in [0.15, 0.2) is 17.4 Å². The summed E-state index contributed by atoms with van der Waals surface area (Å²) in [4.78, 5) is 5.52. The molecule has 3 nitrogen and oxygen atoms in total. The highest BCUT2D eigenvalue weighted by atomic mass is 19.5. The molecule has 0 fully saturated rings. The van der Waals surface area contributed by atoms with Crippen molar-refractivity contribution in [2.75, 3.05) is 20.8 Å². The molecule has 1 aliphatic rings. The minimum atomic E-state index is -6.00. The van der Waals surface area contributed by atoms with Crippen LogP contribution in [0.4, 0.5) is 17.3 Å². The third-order valence-electron chi connectivity index (χ3n) is 1.77. The maximum Gasteiger partial charge on any atom is 0.673 e. The van der Waals surface area contributed by atoms with Crippen LogP contribution in [-0.2, 0) is 4.74 Å². The van der Waals surface area contributed by atoms with E-state index in [0.29, 0.717) is 0 Å². The fourth-order valence-electron chi connectivity index (χ4n) is 1.08. The second kappa shape index (κ2) is 7.40. The monoisotopic (exact) mass is 242 g/mol. The summed E-state index contributed by atoms with van der Waals surface area (Å²) in [6, 6.07) is 0. The Morgan fingerprint density at radius 1 is 1.38 bits per heavy atom. The number of nitrogens with one attached hydrogen (secondary N) is 1. The van der Waals surface area contributed by atoms with Crippen molar-refractivity contribution in [3.05, 3.63) is 12.4 Å². The molecule has 1 rings (SSSR count). The molecule has 0 aromatic rings. The molecule has 94 valence electrons. The molecule has 0 saturated carbocycles. The maximum absolute atomic E-state index is 9.75. The first-order valence-electron chi connectivity index (χ1n) is 4.78. The molecule has 8 heteroatoms. The van der Waals surface area contributed by atoms with Crippen LogP contribution < -0.4 is 4.90 Å². The zero-order valence-corrected chi connectivity index (χ0v) is 9.22. The lowest BCUT2D eigenvalue weighted by atomic mass is 10.3. The van der Waals surface area contributed by atoms with Crippen LogP contribution in [-0.4, -0.2) is 33.9 Å². The van der Waals surface area contributed by atoms with Gasteiger partial charge in [-0.3, -0.25) is 4.90 Å². The Labute approximate surface area is 91.9 Å². The van der Waals surface area contributed by atoms with E-state index in [-0.39, 0.29) is 0 Å². The lowest BCUT2D eigenvalue weighted by molar-refractivity contribution is -0.719. The van der Waals surface area contributed by atoms with Gasteiger partial charge in [-0.15, -0.1) is 0 Å². The highest BCUT2D eigenvalue weighted by Crippen LogP contribution is 2.06. The number of nitrogens with zero attached hydrogens (tertiary/aromatic N) is 1. The Bertz CT molecular complexity index is 249. The standard InChI is InChI=1S/C8H14N2O.BF4/c1-10-6-5-9-8(10)4-3-7-11-2;2-1(3,4)5/h5-6H,3-4,7H2,1-2H3;/q;-1/p+1. The molecule has 0 bridgehead atoms. The van der Waals surface area contributed by atoms with E-state index in [2.05, 4.69) is 12.0 Å². The number of aliphatic imine (C=N–C) groups is 1. The van der Waals surface area contributed by atoms with E-state index in [1.807, 2.05) is 12.4 Å². The number of ether oxygens (including phenoxy) is 1. The summed E-state index contributed by atoms with van der Waals surface area (Å²) in [5.41, 5.74) is 0. The second-order valence-corrected chi connectivity index (χ2v) is 3.17. The van der Waals surface area contributed by atoms with E-state index in [4.69, 9.17) is 4.74 Å². The van der Waals surface area contributed by atoms with E-state index in [1.165, 1.54) is 10.7 Å². The van der Waals surface area contributed by atoms with Gasteiger partial charge >= 0.3 is 7.25 Å². The van der Waals surface area contributed by atoms with E-state index < -0.39 is 7.25 Å². The molecule has 0 aromatic carbocycles.